The summed E-state index contributed by atoms with van der Waals surface area (Å²) >= 11 is 1.79. The molecule has 0 fully saturated rings. The van der Waals surface area contributed by atoms with E-state index in [-0.39, 0.29) is 0 Å². The molecule has 2 N–H and O–H groups in total. The fraction of sp³-hybridized carbons (Fsp3) is 0.462. The Balaban J connectivity index is 1.98. The van der Waals surface area contributed by atoms with Crippen molar-refractivity contribution in [2.45, 2.75) is 31.5 Å². The van der Waals surface area contributed by atoms with Crippen LogP contribution in [0.1, 0.15) is 20.3 Å². The van der Waals surface area contributed by atoms with Gasteiger partial charge in [-0.1, -0.05) is 37.7 Å². The molecule has 2 rings (SSSR count). The van der Waals surface area contributed by atoms with Crippen LogP contribution < -0.4 is 5.32 Å². The van der Waals surface area contributed by atoms with Crippen LogP contribution in [-0.2, 0) is 0 Å². The lowest BCUT2D eigenvalue weighted by molar-refractivity contribution is 0.560. The van der Waals surface area contributed by atoms with E-state index in [1.807, 2.05) is 18.2 Å². The van der Waals surface area contributed by atoms with Crippen LogP contribution in [0.15, 0.2) is 29.4 Å². The number of imidazole rings is 1. The van der Waals surface area contributed by atoms with Gasteiger partial charge in [0, 0.05) is 11.8 Å². The van der Waals surface area contributed by atoms with Gasteiger partial charge in [-0.05, 0) is 25.1 Å². The molecule has 2 aromatic rings. The molecule has 1 heterocycles. The lowest BCUT2D eigenvalue weighted by atomic mass is 10.2. The van der Waals surface area contributed by atoms with Crippen LogP contribution in [0.5, 0.6) is 0 Å². The molecule has 0 bridgehead atoms. The number of aromatic amines is 1. The molecule has 1 aromatic heterocycles. The number of H-pyrrole nitrogens is 1. The molecule has 1 aromatic carbocycles. The number of para-hydroxylation sites is 2. The third-order valence-electron chi connectivity index (χ3n) is 2.77. The van der Waals surface area contributed by atoms with Crippen LogP contribution in [0.2, 0.25) is 0 Å². The zero-order chi connectivity index (χ0) is 12.1. The average Bonchev–Trinajstić information content (AvgIpc) is 2.77. The van der Waals surface area contributed by atoms with Crippen molar-refractivity contribution >= 4 is 22.8 Å². The number of nitrogens with one attached hydrogen (secondary N) is 2. The molecule has 0 aliphatic rings. The van der Waals surface area contributed by atoms with Gasteiger partial charge in [-0.2, -0.15) is 0 Å². The Morgan fingerprint density at radius 2 is 2.18 bits per heavy atom. The molecular weight excluding hydrogens is 230 g/mol. The van der Waals surface area contributed by atoms with Crippen LogP contribution in [0.25, 0.3) is 11.0 Å². The van der Waals surface area contributed by atoms with E-state index in [1.54, 1.807) is 11.8 Å². The summed E-state index contributed by atoms with van der Waals surface area (Å²) in [5.74, 6) is 1.06. The first-order valence-electron chi connectivity index (χ1n) is 6.14. The molecule has 0 amide bonds. The van der Waals surface area contributed by atoms with Gasteiger partial charge in [0.15, 0.2) is 5.16 Å². The van der Waals surface area contributed by atoms with E-state index in [1.165, 1.54) is 0 Å². The second-order valence-corrected chi connectivity index (χ2v) is 5.04. The third kappa shape index (κ3) is 3.23. The molecular formula is C13H19N3S. The van der Waals surface area contributed by atoms with Crippen LogP contribution >= 0.6 is 11.8 Å². The molecule has 3 nitrogen and oxygen atoms in total. The zero-order valence-electron chi connectivity index (χ0n) is 10.4. The molecule has 0 saturated carbocycles. The first-order chi connectivity index (χ1) is 8.33. The molecule has 0 aliphatic heterocycles. The standard InChI is InChI=1S/C13H19N3S/c1-3-10(14-4-2)9-17-13-15-11-7-5-6-8-12(11)16-13/h5-8,10,14H,3-4,9H2,1-2H3,(H,15,16). The Morgan fingerprint density at radius 3 is 2.88 bits per heavy atom. The Hall–Kier alpha value is -1.00. The fourth-order valence-electron chi connectivity index (χ4n) is 1.79. The van der Waals surface area contributed by atoms with E-state index in [9.17, 15) is 0 Å². The summed E-state index contributed by atoms with van der Waals surface area (Å²) in [7, 11) is 0. The number of nitrogens with zero attached hydrogens (tertiary/aromatic N) is 1. The maximum atomic E-state index is 4.56. The average molecular weight is 249 g/mol. The summed E-state index contributed by atoms with van der Waals surface area (Å²) in [4.78, 5) is 7.90. The minimum atomic E-state index is 0.568. The van der Waals surface area contributed by atoms with Crippen LogP contribution in [0.3, 0.4) is 0 Å². The number of hydrogen-bond donors (Lipinski definition) is 2. The van der Waals surface area contributed by atoms with Crippen LogP contribution in [0.4, 0.5) is 0 Å². The third-order valence-corrected chi connectivity index (χ3v) is 3.81. The van der Waals surface area contributed by atoms with Gasteiger partial charge in [0.25, 0.3) is 0 Å². The summed E-state index contributed by atoms with van der Waals surface area (Å²) in [6.07, 6.45) is 1.15. The molecule has 1 atom stereocenters. The molecule has 92 valence electrons. The maximum Gasteiger partial charge on any atom is 0.166 e. The Morgan fingerprint density at radius 1 is 1.35 bits per heavy atom. The first-order valence-corrected chi connectivity index (χ1v) is 7.13. The van der Waals surface area contributed by atoms with E-state index >= 15 is 0 Å². The fourth-order valence-corrected chi connectivity index (χ4v) is 2.84. The normalized spacial score (nSPS) is 13.1. The smallest absolute Gasteiger partial charge is 0.166 e. The molecule has 0 spiro atoms. The van der Waals surface area contributed by atoms with Crippen molar-refractivity contribution < 1.29 is 0 Å². The van der Waals surface area contributed by atoms with E-state index in [0.29, 0.717) is 6.04 Å². The summed E-state index contributed by atoms with van der Waals surface area (Å²) in [5.41, 5.74) is 2.16. The maximum absolute atomic E-state index is 4.56. The number of rotatable bonds is 6. The van der Waals surface area contributed by atoms with E-state index in [0.717, 1.165) is 34.9 Å². The molecule has 17 heavy (non-hydrogen) atoms. The largest absolute Gasteiger partial charge is 0.333 e. The summed E-state index contributed by atoms with van der Waals surface area (Å²) in [5, 5.41) is 4.49. The first kappa shape index (κ1) is 12.5. The van der Waals surface area contributed by atoms with Crippen molar-refractivity contribution in [2.75, 3.05) is 12.3 Å². The Bertz CT molecular complexity index is 433. The zero-order valence-corrected chi connectivity index (χ0v) is 11.2. The SMILES string of the molecule is CCNC(CC)CSc1nc2ccccc2[nH]1. The summed E-state index contributed by atoms with van der Waals surface area (Å²) in [6, 6.07) is 8.72. The Kier molecular flexibility index (Phi) is 4.45. The number of aromatic nitrogens is 2. The predicted molar refractivity (Wildman–Crippen MR) is 74.6 cm³/mol. The van der Waals surface area contributed by atoms with Crippen molar-refractivity contribution in [3.63, 3.8) is 0 Å². The minimum Gasteiger partial charge on any atom is -0.333 e. The quantitative estimate of drug-likeness (QED) is 0.773. The van der Waals surface area contributed by atoms with Gasteiger partial charge in [0.1, 0.15) is 0 Å². The second-order valence-electron chi connectivity index (χ2n) is 4.03. The molecule has 4 heteroatoms. The van der Waals surface area contributed by atoms with E-state index < -0.39 is 0 Å². The van der Waals surface area contributed by atoms with Gasteiger partial charge in [-0.3, -0.25) is 0 Å². The van der Waals surface area contributed by atoms with E-state index in [2.05, 4.69) is 35.2 Å². The monoisotopic (exact) mass is 249 g/mol. The van der Waals surface area contributed by atoms with Crippen molar-refractivity contribution in [3.05, 3.63) is 24.3 Å². The van der Waals surface area contributed by atoms with Crippen LogP contribution in [-0.4, -0.2) is 28.3 Å². The number of thioether (sulfide) groups is 1. The molecule has 0 radical (unpaired) electrons. The van der Waals surface area contributed by atoms with Gasteiger partial charge in [-0.15, -0.1) is 0 Å². The number of benzene rings is 1. The highest BCUT2D eigenvalue weighted by atomic mass is 32.2. The van der Waals surface area contributed by atoms with Gasteiger partial charge in [0.2, 0.25) is 0 Å². The van der Waals surface area contributed by atoms with Gasteiger partial charge < -0.3 is 10.3 Å². The molecule has 0 aliphatic carbocycles. The predicted octanol–water partition coefficient (Wildman–Crippen LogP) is 3.04. The van der Waals surface area contributed by atoms with Crippen molar-refractivity contribution in [1.29, 1.82) is 0 Å². The van der Waals surface area contributed by atoms with Crippen molar-refractivity contribution in [3.8, 4) is 0 Å². The Labute approximate surface area is 106 Å². The summed E-state index contributed by atoms with van der Waals surface area (Å²) < 4.78 is 0. The highest BCUT2D eigenvalue weighted by molar-refractivity contribution is 7.99. The topological polar surface area (TPSA) is 40.7 Å². The lowest BCUT2D eigenvalue weighted by Crippen LogP contribution is -2.30. The second kappa shape index (κ2) is 6.07. The van der Waals surface area contributed by atoms with E-state index in [4.69, 9.17) is 0 Å². The highest BCUT2D eigenvalue weighted by Crippen LogP contribution is 2.20. The van der Waals surface area contributed by atoms with Gasteiger partial charge in [0.05, 0.1) is 11.0 Å². The number of fused-ring (bicyclic) bond motifs is 1. The van der Waals surface area contributed by atoms with Crippen molar-refractivity contribution in [2.24, 2.45) is 0 Å². The molecule has 0 saturated heterocycles. The minimum absolute atomic E-state index is 0.568. The van der Waals surface area contributed by atoms with Gasteiger partial charge >= 0.3 is 0 Å². The lowest BCUT2D eigenvalue weighted by Gasteiger charge is -2.13. The summed E-state index contributed by atoms with van der Waals surface area (Å²) in [6.45, 7) is 5.39. The highest BCUT2D eigenvalue weighted by Gasteiger charge is 2.07. The molecule has 1 unspecified atom stereocenters. The van der Waals surface area contributed by atoms with Gasteiger partial charge in [-0.25, -0.2) is 4.98 Å². The van der Waals surface area contributed by atoms with Crippen molar-refractivity contribution in [1.82, 2.24) is 15.3 Å². The number of hydrogen-bond acceptors (Lipinski definition) is 3. The van der Waals surface area contributed by atoms with Crippen LogP contribution in [0, 0.1) is 0 Å².